The molecule has 2 heterocycles. The smallest absolute Gasteiger partial charge is 0.332 e. The Morgan fingerprint density at radius 1 is 1.04 bits per heavy atom. The van der Waals surface area contributed by atoms with Gasteiger partial charge in [-0.1, -0.05) is 0 Å². The number of benzene rings is 1. The summed E-state index contributed by atoms with van der Waals surface area (Å²) < 4.78 is 18.3. The summed E-state index contributed by atoms with van der Waals surface area (Å²) in [5, 5.41) is 2.50. The predicted octanol–water partition coefficient (Wildman–Crippen LogP) is 1.52. The zero-order valence-electron chi connectivity index (χ0n) is 15.6. The highest BCUT2D eigenvalue weighted by atomic mass is 16.5. The summed E-state index contributed by atoms with van der Waals surface area (Å²) in [5.41, 5.74) is -1.07. The Labute approximate surface area is 159 Å². The minimum Gasteiger partial charge on any atom is -0.497 e. The molecule has 1 aromatic carbocycles. The van der Waals surface area contributed by atoms with Gasteiger partial charge in [-0.3, -0.25) is 18.7 Å². The highest BCUT2D eigenvalue weighted by molar-refractivity contribution is 6.01. The maximum atomic E-state index is 12.3. The van der Waals surface area contributed by atoms with Gasteiger partial charge in [0.05, 0.1) is 7.11 Å². The summed E-state index contributed by atoms with van der Waals surface area (Å²) in [7, 11) is 4.39. The van der Waals surface area contributed by atoms with Crippen LogP contribution in [0.1, 0.15) is 16.3 Å². The summed E-state index contributed by atoms with van der Waals surface area (Å²) in [6.07, 6.45) is 0. The molecule has 0 aliphatic heterocycles. The minimum absolute atomic E-state index is 0.0291. The maximum absolute atomic E-state index is 12.3. The van der Waals surface area contributed by atoms with Crippen molar-refractivity contribution in [2.45, 2.75) is 6.61 Å². The summed E-state index contributed by atoms with van der Waals surface area (Å²) in [5.74, 6) is 1.30. The van der Waals surface area contributed by atoms with Crippen LogP contribution in [0.15, 0.2) is 56.5 Å². The topological polar surface area (TPSA) is 105 Å². The second-order valence-electron chi connectivity index (χ2n) is 5.95. The number of ether oxygens (including phenoxy) is 2. The molecule has 0 bridgehead atoms. The van der Waals surface area contributed by atoms with Crippen LogP contribution < -0.4 is 26.0 Å². The van der Waals surface area contributed by atoms with E-state index in [-0.39, 0.29) is 18.2 Å². The molecule has 146 valence electrons. The molecule has 28 heavy (non-hydrogen) atoms. The Hall–Kier alpha value is -3.75. The average molecular weight is 385 g/mol. The van der Waals surface area contributed by atoms with Crippen LogP contribution in [0.2, 0.25) is 0 Å². The third-order valence-corrected chi connectivity index (χ3v) is 4.09. The molecular weight excluding hydrogens is 366 g/mol. The van der Waals surface area contributed by atoms with Crippen molar-refractivity contribution in [3.8, 4) is 11.5 Å². The quantitative estimate of drug-likeness (QED) is 0.690. The van der Waals surface area contributed by atoms with E-state index < -0.39 is 17.2 Å². The van der Waals surface area contributed by atoms with E-state index in [9.17, 15) is 14.4 Å². The molecule has 0 aliphatic rings. The normalized spacial score (nSPS) is 10.5. The number of anilines is 1. The first kappa shape index (κ1) is 19.0. The number of rotatable bonds is 6. The van der Waals surface area contributed by atoms with Crippen LogP contribution in [0, 0.1) is 0 Å². The van der Waals surface area contributed by atoms with Crippen LogP contribution in [-0.4, -0.2) is 22.2 Å². The lowest BCUT2D eigenvalue weighted by atomic mass is 10.3. The molecule has 0 aliphatic carbocycles. The van der Waals surface area contributed by atoms with E-state index in [4.69, 9.17) is 13.9 Å². The van der Waals surface area contributed by atoms with Gasteiger partial charge in [-0.25, -0.2) is 4.79 Å². The summed E-state index contributed by atoms with van der Waals surface area (Å²) in [4.78, 5) is 36.0. The van der Waals surface area contributed by atoms with E-state index in [1.165, 1.54) is 20.2 Å². The first-order valence-electron chi connectivity index (χ1n) is 8.33. The Morgan fingerprint density at radius 3 is 2.39 bits per heavy atom. The third-order valence-electron chi connectivity index (χ3n) is 4.09. The van der Waals surface area contributed by atoms with Crippen molar-refractivity contribution in [3.05, 3.63) is 74.8 Å². The number of hydrogen-bond acceptors (Lipinski definition) is 6. The summed E-state index contributed by atoms with van der Waals surface area (Å²) in [6, 6.07) is 11.3. The Balaban J connectivity index is 1.67. The summed E-state index contributed by atoms with van der Waals surface area (Å²) in [6.45, 7) is 0.129. The first-order valence-corrected chi connectivity index (χ1v) is 8.33. The van der Waals surface area contributed by atoms with E-state index in [1.807, 2.05) is 0 Å². The molecule has 1 amide bonds. The van der Waals surface area contributed by atoms with E-state index in [0.29, 0.717) is 11.5 Å². The van der Waals surface area contributed by atoms with Crippen LogP contribution in [0.25, 0.3) is 0 Å². The summed E-state index contributed by atoms with van der Waals surface area (Å²) >= 11 is 0. The molecule has 0 atom stereocenters. The maximum Gasteiger partial charge on any atom is 0.332 e. The molecule has 0 spiro atoms. The van der Waals surface area contributed by atoms with Crippen molar-refractivity contribution in [2.24, 2.45) is 14.1 Å². The number of nitrogens with zero attached hydrogens (tertiary/aromatic N) is 2. The first-order chi connectivity index (χ1) is 13.4. The third kappa shape index (κ3) is 3.98. The number of hydrogen-bond donors (Lipinski definition) is 1. The highest BCUT2D eigenvalue weighted by Crippen LogP contribution is 2.19. The van der Waals surface area contributed by atoms with Crippen molar-refractivity contribution in [3.63, 3.8) is 0 Å². The van der Waals surface area contributed by atoms with Crippen LogP contribution >= 0.6 is 0 Å². The van der Waals surface area contributed by atoms with Gasteiger partial charge in [-0.2, -0.15) is 0 Å². The molecule has 0 radical (unpaired) electrons. The lowest BCUT2D eigenvalue weighted by Crippen LogP contribution is -2.38. The molecule has 0 saturated heterocycles. The average Bonchev–Trinajstić information content (AvgIpc) is 3.18. The lowest BCUT2D eigenvalue weighted by Gasteiger charge is -2.09. The second-order valence-corrected chi connectivity index (χ2v) is 5.95. The predicted molar refractivity (Wildman–Crippen MR) is 101 cm³/mol. The van der Waals surface area contributed by atoms with Gasteiger partial charge in [0.2, 0.25) is 0 Å². The number of methoxy groups -OCH3 is 1. The van der Waals surface area contributed by atoms with Crippen molar-refractivity contribution < 1.29 is 18.7 Å². The number of carbonyl (C=O) groups is 1. The van der Waals surface area contributed by atoms with Crippen molar-refractivity contribution in [1.29, 1.82) is 0 Å². The molecule has 0 saturated carbocycles. The van der Waals surface area contributed by atoms with Crippen molar-refractivity contribution >= 4 is 11.7 Å². The minimum atomic E-state index is -0.584. The molecule has 1 N–H and O–H groups in total. The van der Waals surface area contributed by atoms with Gasteiger partial charge in [-0.05, 0) is 36.4 Å². The van der Waals surface area contributed by atoms with Gasteiger partial charge in [-0.15, -0.1) is 0 Å². The molecule has 2 aromatic heterocycles. The number of furan rings is 1. The van der Waals surface area contributed by atoms with E-state index >= 15 is 0 Å². The highest BCUT2D eigenvalue weighted by Gasteiger charge is 2.15. The SMILES string of the molecule is COc1ccc(OCc2ccc(C(=O)Nc3cc(=O)n(C)c(=O)n3C)o2)cc1. The van der Waals surface area contributed by atoms with Gasteiger partial charge in [0.15, 0.2) is 5.76 Å². The Morgan fingerprint density at radius 2 is 1.71 bits per heavy atom. The van der Waals surface area contributed by atoms with E-state index in [2.05, 4.69) is 5.32 Å². The zero-order valence-corrected chi connectivity index (χ0v) is 15.6. The molecule has 3 aromatic rings. The zero-order chi connectivity index (χ0) is 20.3. The van der Waals surface area contributed by atoms with Crippen LogP contribution in [-0.2, 0) is 20.7 Å². The Bertz CT molecular complexity index is 1110. The van der Waals surface area contributed by atoms with Gasteiger partial charge in [0, 0.05) is 20.2 Å². The van der Waals surface area contributed by atoms with Crippen molar-refractivity contribution in [2.75, 3.05) is 12.4 Å². The van der Waals surface area contributed by atoms with Crippen LogP contribution in [0.4, 0.5) is 5.82 Å². The fourth-order valence-electron chi connectivity index (χ4n) is 2.43. The van der Waals surface area contributed by atoms with Crippen LogP contribution in [0.3, 0.4) is 0 Å². The fraction of sp³-hybridized carbons (Fsp3) is 0.211. The van der Waals surface area contributed by atoms with Gasteiger partial charge >= 0.3 is 5.69 Å². The molecule has 0 unspecified atom stereocenters. The van der Waals surface area contributed by atoms with E-state index in [0.717, 1.165) is 21.0 Å². The van der Waals surface area contributed by atoms with E-state index in [1.54, 1.807) is 37.4 Å². The monoisotopic (exact) mass is 385 g/mol. The van der Waals surface area contributed by atoms with Crippen LogP contribution in [0.5, 0.6) is 11.5 Å². The standard InChI is InChI=1S/C19H19N3O6/c1-21-16(10-17(23)22(2)19(21)25)20-18(24)15-9-8-14(28-15)11-27-13-6-4-12(26-3)5-7-13/h4-10H,11H2,1-3H3,(H,20,24). The molecule has 0 fully saturated rings. The molecule has 9 heteroatoms. The van der Waals surface area contributed by atoms with Crippen molar-refractivity contribution in [1.82, 2.24) is 9.13 Å². The van der Waals surface area contributed by atoms with Gasteiger partial charge in [0.1, 0.15) is 29.7 Å². The number of amides is 1. The number of carbonyl (C=O) groups excluding carboxylic acids is 1. The number of aromatic nitrogens is 2. The molecule has 3 rings (SSSR count). The lowest BCUT2D eigenvalue weighted by molar-refractivity contribution is 0.0991. The van der Waals surface area contributed by atoms with Gasteiger partial charge < -0.3 is 19.2 Å². The second kappa shape index (κ2) is 7.87. The molecular formula is C19H19N3O6. The van der Waals surface area contributed by atoms with Gasteiger partial charge in [0.25, 0.3) is 11.5 Å². The number of nitrogens with one attached hydrogen (secondary N) is 1. The largest absolute Gasteiger partial charge is 0.497 e. The fourth-order valence-corrected chi connectivity index (χ4v) is 2.43. The molecule has 9 nitrogen and oxygen atoms in total. The Kier molecular flexibility index (Phi) is 5.35.